The molecule has 0 aliphatic carbocycles. The maximum Gasteiger partial charge on any atom is 0.307 e. The molecule has 2 atom stereocenters. The van der Waals surface area contributed by atoms with Gasteiger partial charge in [-0.05, 0) is 18.1 Å². The lowest BCUT2D eigenvalue weighted by atomic mass is 9.92. The molecule has 6 heteroatoms. The van der Waals surface area contributed by atoms with Gasteiger partial charge in [0.15, 0.2) is 5.78 Å². The van der Waals surface area contributed by atoms with Crippen molar-refractivity contribution in [2.45, 2.75) is 18.9 Å². The third kappa shape index (κ3) is 4.42. The molecule has 1 aromatic rings. The molecule has 0 saturated carbocycles. The maximum absolute atomic E-state index is 13.4. The minimum absolute atomic E-state index is 0.0914. The third-order valence-electron chi connectivity index (χ3n) is 2.83. The molecule has 0 heterocycles. The first-order valence-corrected chi connectivity index (χ1v) is 5.81. The van der Waals surface area contributed by atoms with E-state index in [1.54, 1.807) is 6.07 Å². The van der Waals surface area contributed by atoms with E-state index in [4.69, 9.17) is 15.9 Å². The molecule has 1 unspecified atom stereocenters. The summed E-state index contributed by atoms with van der Waals surface area (Å²) in [5.41, 5.74) is 5.56. The molecule has 4 N–H and O–H groups in total. The van der Waals surface area contributed by atoms with Crippen LogP contribution < -0.4 is 5.73 Å². The Kier molecular flexibility index (Phi) is 5.59. The van der Waals surface area contributed by atoms with Crippen LogP contribution in [0.25, 0.3) is 0 Å². The van der Waals surface area contributed by atoms with Crippen LogP contribution in [0.15, 0.2) is 24.3 Å². The number of rotatable bonds is 7. The second-order valence-corrected chi connectivity index (χ2v) is 4.29. The van der Waals surface area contributed by atoms with Crippen molar-refractivity contribution in [1.29, 1.82) is 0 Å². The number of carboxylic acids is 1. The minimum atomic E-state index is -1.19. The van der Waals surface area contributed by atoms with Crippen molar-refractivity contribution in [2.75, 3.05) is 6.61 Å². The predicted molar refractivity (Wildman–Crippen MR) is 65.9 cm³/mol. The highest BCUT2D eigenvalue weighted by Crippen LogP contribution is 2.16. The van der Waals surface area contributed by atoms with E-state index in [2.05, 4.69) is 0 Å². The first kappa shape index (κ1) is 15.3. The molecule has 0 aliphatic rings. The topological polar surface area (TPSA) is 101 Å². The summed E-state index contributed by atoms with van der Waals surface area (Å²) in [6, 6.07) is 4.71. The highest BCUT2D eigenvalue weighted by atomic mass is 19.1. The van der Waals surface area contributed by atoms with Crippen molar-refractivity contribution in [3.63, 3.8) is 0 Å². The number of aliphatic hydroxyl groups excluding tert-OH is 1. The van der Waals surface area contributed by atoms with Gasteiger partial charge in [0.2, 0.25) is 0 Å². The van der Waals surface area contributed by atoms with Gasteiger partial charge in [-0.25, -0.2) is 4.39 Å². The smallest absolute Gasteiger partial charge is 0.307 e. The first-order chi connectivity index (χ1) is 8.95. The van der Waals surface area contributed by atoms with Crippen LogP contribution in [0.5, 0.6) is 0 Å². The van der Waals surface area contributed by atoms with Gasteiger partial charge < -0.3 is 15.9 Å². The van der Waals surface area contributed by atoms with Gasteiger partial charge in [-0.15, -0.1) is 0 Å². The third-order valence-corrected chi connectivity index (χ3v) is 2.83. The number of Topliss-reactive ketones (excluding diaryl/α,β-unsaturated/α-hetero) is 1. The molecule has 19 heavy (non-hydrogen) atoms. The number of benzene rings is 1. The first-order valence-electron chi connectivity index (χ1n) is 5.81. The lowest BCUT2D eigenvalue weighted by Gasteiger charge is -2.14. The van der Waals surface area contributed by atoms with Crippen molar-refractivity contribution in [3.05, 3.63) is 35.6 Å². The van der Waals surface area contributed by atoms with E-state index in [-0.39, 0.29) is 18.4 Å². The zero-order valence-corrected chi connectivity index (χ0v) is 10.3. The summed E-state index contributed by atoms with van der Waals surface area (Å²) < 4.78 is 13.4. The number of carbonyl (C=O) groups is 2. The molecule has 0 aromatic heterocycles. The van der Waals surface area contributed by atoms with E-state index in [1.165, 1.54) is 18.2 Å². The van der Waals surface area contributed by atoms with Crippen molar-refractivity contribution < 1.29 is 24.2 Å². The standard InChI is InChI=1S/C13H16FNO4/c14-10-4-2-1-3-8(10)5-9(13(18)19)6-12(17)11(15)7-16/h1-4,9,11,16H,5-7,15H2,(H,18,19)/t9?,11-/m0/s1. The van der Waals surface area contributed by atoms with Crippen molar-refractivity contribution in [2.24, 2.45) is 11.7 Å². The summed E-state index contributed by atoms with van der Waals surface area (Å²) in [5.74, 6) is -3.30. The summed E-state index contributed by atoms with van der Waals surface area (Å²) >= 11 is 0. The monoisotopic (exact) mass is 269 g/mol. The van der Waals surface area contributed by atoms with Gasteiger partial charge in [-0.1, -0.05) is 18.2 Å². The van der Waals surface area contributed by atoms with Gasteiger partial charge >= 0.3 is 5.97 Å². The second-order valence-electron chi connectivity index (χ2n) is 4.29. The number of carboxylic acid groups (broad SMARTS) is 1. The predicted octanol–water partition coefficient (Wildman–Crippen LogP) is 0.348. The van der Waals surface area contributed by atoms with Crippen molar-refractivity contribution >= 4 is 11.8 Å². The lowest BCUT2D eigenvalue weighted by molar-refractivity contribution is -0.144. The van der Waals surface area contributed by atoms with Crippen molar-refractivity contribution in [1.82, 2.24) is 0 Å². The Morgan fingerprint density at radius 1 is 1.32 bits per heavy atom. The van der Waals surface area contributed by atoms with Crippen LogP contribution in [0.3, 0.4) is 0 Å². The summed E-state index contributed by atoms with van der Waals surface area (Å²) in [5, 5.41) is 17.8. The van der Waals surface area contributed by atoms with Gasteiger partial charge in [-0.2, -0.15) is 0 Å². The van der Waals surface area contributed by atoms with E-state index < -0.39 is 36.1 Å². The highest BCUT2D eigenvalue weighted by Gasteiger charge is 2.25. The van der Waals surface area contributed by atoms with E-state index in [0.717, 1.165) is 0 Å². The van der Waals surface area contributed by atoms with Gasteiger partial charge in [-0.3, -0.25) is 9.59 Å². The van der Waals surface area contributed by atoms with Crippen LogP contribution in [0, 0.1) is 11.7 Å². The van der Waals surface area contributed by atoms with E-state index >= 15 is 0 Å². The molecular weight excluding hydrogens is 253 g/mol. The van der Waals surface area contributed by atoms with E-state index in [0.29, 0.717) is 0 Å². The maximum atomic E-state index is 13.4. The highest BCUT2D eigenvalue weighted by molar-refractivity contribution is 5.87. The van der Waals surface area contributed by atoms with Gasteiger partial charge in [0.05, 0.1) is 18.6 Å². The van der Waals surface area contributed by atoms with Crippen LogP contribution in [-0.2, 0) is 16.0 Å². The molecule has 5 nitrogen and oxygen atoms in total. The average Bonchev–Trinajstić information content (AvgIpc) is 2.39. The molecule has 0 saturated heterocycles. The molecule has 0 radical (unpaired) electrons. The molecule has 1 rings (SSSR count). The number of hydrogen-bond acceptors (Lipinski definition) is 4. The molecule has 104 valence electrons. The van der Waals surface area contributed by atoms with Gasteiger partial charge in [0.25, 0.3) is 0 Å². The number of aliphatic hydroxyl groups is 1. The average molecular weight is 269 g/mol. The fourth-order valence-electron chi connectivity index (χ4n) is 1.67. The summed E-state index contributed by atoms with van der Waals surface area (Å²) in [7, 11) is 0. The summed E-state index contributed by atoms with van der Waals surface area (Å²) in [6.07, 6.45) is -0.419. The molecule has 0 spiro atoms. The Morgan fingerprint density at radius 3 is 2.47 bits per heavy atom. The lowest BCUT2D eigenvalue weighted by Crippen LogP contribution is -2.36. The fourth-order valence-corrected chi connectivity index (χ4v) is 1.67. The van der Waals surface area contributed by atoms with E-state index in [9.17, 15) is 14.0 Å². The van der Waals surface area contributed by atoms with Crippen LogP contribution in [-0.4, -0.2) is 34.6 Å². The van der Waals surface area contributed by atoms with Crippen molar-refractivity contribution in [3.8, 4) is 0 Å². The minimum Gasteiger partial charge on any atom is -0.481 e. The number of hydrogen-bond donors (Lipinski definition) is 3. The van der Waals surface area contributed by atoms with Gasteiger partial charge in [0.1, 0.15) is 5.82 Å². The zero-order valence-electron chi connectivity index (χ0n) is 10.3. The molecular formula is C13H16FNO4. The quantitative estimate of drug-likeness (QED) is 0.663. The molecule has 0 fully saturated rings. The summed E-state index contributed by atoms with van der Waals surface area (Å²) in [4.78, 5) is 22.6. The number of ketones is 1. The Balaban J connectivity index is 2.77. The van der Waals surface area contributed by atoms with Crippen LogP contribution in [0.1, 0.15) is 12.0 Å². The second kappa shape index (κ2) is 6.96. The molecule has 1 aromatic carbocycles. The zero-order chi connectivity index (χ0) is 14.4. The van der Waals surface area contributed by atoms with Crippen LogP contribution in [0.4, 0.5) is 4.39 Å². The van der Waals surface area contributed by atoms with Crippen LogP contribution >= 0.6 is 0 Å². The number of aliphatic carboxylic acids is 1. The Labute approximate surface area is 109 Å². The Hall–Kier alpha value is -1.79. The summed E-state index contributed by atoms with van der Waals surface area (Å²) in [6.45, 7) is -0.537. The Morgan fingerprint density at radius 2 is 1.95 bits per heavy atom. The van der Waals surface area contributed by atoms with Gasteiger partial charge in [0, 0.05) is 6.42 Å². The number of nitrogens with two attached hydrogens (primary N) is 1. The van der Waals surface area contributed by atoms with E-state index in [1.807, 2.05) is 0 Å². The fraction of sp³-hybridized carbons (Fsp3) is 0.385. The van der Waals surface area contributed by atoms with Crippen LogP contribution in [0.2, 0.25) is 0 Å². The number of halogens is 1. The molecule has 0 amide bonds. The SMILES string of the molecule is N[C@@H](CO)C(=O)CC(Cc1ccccc1F)C(=O)O. The normalized spacial score (nSPS) is 13.8. The molecule has 0 bridgehead atoms. The number of carbonyl (C=O) groups excluding carboxylic acids is 1. The molecule has 0 aliphatic heterocycles. The largest absolute Gasteiger partial charge is 0.481 e. The Bertz CT molecular complexity index is 464.